The third-order valence-electron chi connectivity index (χ3n) is 4.14. The number of carbonyl (C=O) groups excluding carboxylic acids is 1. The van der Waals surface area contributed by atoms with Crippen molar-refractivity contribution in [2.75, 3.05) is 18.4 Å². The van der Waals surface area contributed by atoms with Crippen molar-refractivity contribution in [2.45, 2.75) is 58.4 Å². The second kappa shape index (κ2) is 5.70. The van der Waals surface area contributed by atoms with Crippen molar-refractivity contribution in [2.24, 2.45) is 0 Å². The smallest absolute Gasteiger partial charge is 0.247 e. The summed E-state index contributed by atoms with van der Waals surface area (Å²) in [4.78, 5) is 14.5. The largest absolute Gasteiger partial charge is 0.372 e. The number of carbonyl (C=O) groups is 1. The number of anilines is 1. The quantitative estimate of drug-likeness (QED) is 0.917. The summed E-state index contributed by atoms with van der Waals surface area (Å²) >= 11 is 0. The van der Waals surface area contributed by atoms with Crippen LogP contribution in [0, 0.1) is 0 Å². The van der Waals surface area contributed by atoms with Crippen molar-refractivity contribution in [3.05, 3.63) is 29.8 Å². The Balaban J connectivity index is 2.07. The summed E-state index contributed by atoms with van der Waals surface area (Å²) in [6, 6.07) is 8.41. The van der Waals surface area contributed by atoms with E-state index in [1.165, 1.54) is 5.56 Å². The Hall–Kier alpha value is -1.51. The zero-order chi connectivity index (χ0) is 15.7. The lowest BCUT2D eigenvalue weighted by molar-refractivity contribution is -0.133. The molecule has 21 heavy (non-hydrogen) atoms. The van der Waals surface area contributed by atoms with Gasteiger partial charge in [-0.15, -0.1) is 0 Å². The van der Waals surface area contributed by atoms with Gasteiger partial charge in [0.1, 0.15) is 5.54 Å². The molecule has 1 aromatic rings. The number of rotatable bonds is 3. The van der Waals surface area contributed by atoms with Gasteiger partial charge in [0, 0.05) is 18.8 Å². The molecule has 1 N–H and O–H groups in total. The fraction of sp³-hybridized carbons (Fsp3) is 0.611. The van der Waals surface area contributed by atoms with Crippen LogP contribution in [0.4, 0.5) is 5.69 Å². The SMILES string of the molecule is CC(C)(Nc1ccc(C(C)(C)C)cc1)C(=O)N1CCCC1. The molecular formula is C18H28N2O. The number of amides is 1. The molecule has 1 saturated heterocycles. The van der Waals surface area contributed by atoms with E-state index in [2.05, 4.69) is 50.4 Å². The molecule has 0 radical (unpaired) electrons. The zero-order valence-electron chi connectivity index (χ0n) is 14.0. The molecule has 1 aliphatic rings. The van der Waals surface area contributed by atoms with Gasteiger partial charge in [0.25, 0.3) is 0 Å². The van der Waals surface area contributed by atoms with E-state index in [0.29, 0.717) is 0 Å². The summed E-state index contributed by atoms with van der Waals surface area (Å²) in [6.45, 7) is 12.3. The van der Waals surface area contributed by atoms with Crippen LogP contribution in [-0.2, 0) is 10.2 Å². The molecule has 3 nitrogen and oxygen atoms in total. The highest BCUT2D eigenvalue weighted by Crippen LogP contribution is 2.25. The molecule has 0 unspecified atom stereocenters. The molecule has 0 aromatic heterocycles. The third kappa shape index (κ3) is 3.78. The standard InChI is InChI=1S/C18H28N2O/c1-17(2,3)14-8-10-15(11-9-14)19-18(4,5)16(21)20-12-6-7-13-20/h8-11,19H,6-7,12-13H2,1-5H3. The molecule has 3 heteroatoms. The first-order valence-electron chi connectivity index (χ1n) is 7.88. The van der Waals surface area contributed by atoms with Crippen LogP contribution in [0.25, 0.3) is 0 Å². The van der Waals surface area contributed by atoms with E-state index in [0.717, 1.165) is 31.6 Å². The first-order chi connectivity index (χ1) is 9.70. The van der Waals surface area contributed by atoms with E-state index in [1.54, 1.807) is 0 Å². The van der Waals surface area contributed by atoms with E-state index in [4.69, 9.17) is 0 Å². The van der Waals surface area contributed by atoms with Crippen molar-refractivity contribution in [3.8, 4) is 0 Å². The van der Waals surface area contributed by atoms with Gasteiger partial charge in [-0.05, 0) is 49.8 Å². The Labute approximate surface area is 128 Å². The summed E-state index contributed by atoms with van der Waals surface area (Å²) < 4.78 is 0. The van der Waals surface area contributed by atoms with E-state index in [9.17, 15) is 4.79 Å². The van der Waals surface area contributed by atoms with Crippen molar-refractivity contribution < 1.29 is 4.79 Å². The predicted octanol–water partition coefficient (Wildman–Crippen LogP) is 3.80. The van der Waals surface area contributed by atoms with Gasteiger partial charge in [-0.1, -0.05) is 32.9 Å². The van der Waals surface area contributed by atoms with Crippen molar-refractivity contribution >= 4 is 11.6 Å². The number of nitrogens with one attached hydrogen (secondary N) is 1. The Morgan fingerprint density at radius 3 is 2.00 bits per heavy atom. The topological polar surface area (TPSA) is 32.3 Å². The molecule has 0 spiro atoms. The van der Waals surface area contributed by atoms with Gasteiger partial charge in [0.05, 0.1) is 0 Å². The highest BCUT2D eigenvalue weighted by Gasteiger charge is 2.33. The average Bonchev–Trinajstić information content (AvgIpc) is 2.90. The molecule has 0 bridgehead atoms. The normalized spacial score (nSPS) is 16.1. The molecule has 1 aromatic carbocycles. The maximum atomic E-state index is 12.6. The number of nitrogens with zero attached hydrogens (tertiary/aromatic N) is 1. The molecular weight excluding hydrogens is 260 g/mol. The summed E-state index contributed by atoms with van der Waals surface area (Å²) in [5.74, 6) is 0.194. The second-order valence-corrected chi connectivity index (χ2v) is 7.58. The van der Waals surface area contributed by atoms with E-state index in [1.807, 2.05) is 18.7 Å². The number of likely N-dealkylation sites (tertiary alicyclic amines) is 1. The van der Waals surface area contributed by atoms with E-state index < -0.39 is 5.54 Å². The summed E-state index contributed by atoms with van der Waals surface area (Å²) in [5.41, 5.74) is 1.89. The fourth-order valence-electron chi connectivity index (χ4n) is 2.78. The van der Waals surface area contributed by atoms with Gasteiger partial charge >= 0.3 is 0 Å². The van der Waals surface area contributed by atoms with Crippen LogP contribution in [0.1, 0.15) is 53.0 Å². The van der Waals surface area contributed by atoms with Crippen LogP contribution in [0.15, 0.2) is 24.3 Å². The Kier molecular flexibility index (Phi) is 4.31. The van der Waals surface area contributed by atoms with Crippen molar-refractivity contribution in [1.82, 2.24) is 4.90 Å². The Morgan fingerprint density at radius 1 is 1.00 bits per heavy atom. The molecule has 0 aliphatic carbocycles. The second-order valence-electron chi connectivity index (χ2n) is 7.58. The van der Waals surface area contributed by atoms with Gasteiger partial charge in [-0.25, -0.2) is 0 Å². The summed E-state index contributed by atoms with van der Waals surface area (Å²) in [7, 11) is 0. The summed E-state index contributed by atoms with van der Waals surface area (Å²) in [6.07, 6.45) is 2.25. The van der Waals surface area contributed by atoms with Gasteiger partial charge in [-0.3, -0.25) is 4.79 Å². The van der Waals surface area contributed by atoms with Crippen molar-refractivity contribution in [1.29, 1.82) is 0 Å². The zero-order valence-corrected chi connectivity index (χ0v) is 14.0. The molecule has 116 valence electrons. The average molecular weight is 288 g/mol. The minimum Gasteiger partial charge on any atom is -0.372 e. The third-order valence-corrected chi connectivity index (χ3v) is 4.14. The molecule has 1 fully saturated rings. The molecule has 1 aliphatic heterocycles. The van der Waals surface area contributed by atoms with Gasteiger partial charge in [0.15, 0.2) is 0 Å². The number of benzene rings is 1. The maximum absolute atomic E-state index is 12.6. The molecule has 1 heterocycles. The molecule has 1 amide bonds. The maximum Gasteiger partial charge on any atom is 0.247 e. The lowest BCUT2D eigenvalue weighted by Gasteiger charge is -2.31. The highest BCUT2D eigenvalue weighted by atomic mass is 16.2. The van der Waals surface area contributed by atoms with E-state index in [-0.39, 0.29) is 11.3 Å². The summed E-state index contributed by atoms with van der Waals surface area (Å²) in [5, 5.41) is 3.38. The first-order valence-corrected chi connectivity index (χ1v) is 7.88. The predicted molar refractivity (Wildman–Crippen MR) is 88.7 cm³/mol. The van der Waals surface area contributed by atoms with Crippen LogP contribution in [0.5, 0.6) is 0 Å². The van der Waals surface area contributed by atoms with Gasteiger partial charge in [0.2, 0.25) is 5.91 Å². The molecule has 0 atom stereocenters. The highest BCUT2D eigenvalue weighted by molar-refractivity contribution is 5.88. The van der Waals surface area contributed by atoms with Crippen LogP contribution in [0.3, 0.4) is 0 Å². The minimum atomic E-state index is -0.562. The van der Waals surface area contributed by atoms with Crippen LogP contribution in [0.2, 0.25) is 0 Å². The monoisotopic (exact) mass is 288 g/mol. The molecule has 2 rings (SSSR count). The van der Waals surface area contributed by atoms with Crippen LogP contribution in [-0.4, -0.2) is 29.4 Å². The van der Waals surface area contributed by atoms with Gasteiger partial charge in [-0.2, -0.15) is 0 Å². The first kappa shape index (κ1) is 15.9. The van der Waals surface area contributed by atoms with Gasteiger partial charge < -0.3 is 10.2 Å². The number of hydrogen-bond donors (Lipinski definition) is 1. The number of hydrogen-bond acceptors (Lipinski definition) is 2. The van der Waals surface area contributed by atoms with Crippen molar-refractivity contribution in [3.63, 3.8) is 0 Å². The van der Waals surface area contributed by atoms with Crippen LogP contribution >= 0.6 is 0 Å². The minimum absolute atomic E-state index is 0.152. The Morgan fingerprint density at radius 2 is 1.52 bits per heavy atom. The molecule has 0 saturated carbocycles. The Bertz CT molecular complexity index is 491. The van der Waals surface area contributed by atoms with Crippen LogP contribution < -0.4 is 5.32 Å². The lowest BCUT2D eigenvalue weighted by Crippen LogP contribution is -2.49. The fourth-order valence-corrected chi connectivity index (χ4v) is 2.78. The van der Waals surface area contributed by atoms with E-state index >= 15 is 0 Å². The lowest BCUT2D eigenvalue weighted by atomic mass is 9.87.